The van der Waals surface area contributed by atoms with E-state index in [4.69, 9.17) is 0 Å². The molecule has 4 nitrogen and oxygen atoms in total. The van der Waals surface area contributed by atoms with E-state index in [1.54, 1.807) is 0 Å². The maximum atomic E-state index is 11.5. The van der Waals surface area contributed by atoms with Crippen molar-refractivity contribution in [2.75, 3.05) is 6.54 Å². The number of nitrogens with one attached hydrogen (secondary N) is 2. The van der Waals surface area contributed by atoms with E-state index in [0.29, 0.717) is 19.0 Å². The summed E-state index contributed by atoms with van der Waals surface area (Å²) in [5.74, 6) is -0.0195. The zero-order valence-corrected chi connectivity index (χ0v) is 7.51. The third-order valence-electron chi connectivity index (χ3n) is 2.54. The van der Waals surface area contributed by atoms with Crippen LogP contribution in [-0.2, 0) is 9.59 Å². The van der Waals surface area contributed by atoms with Crippen LogP contribution in [0.3, 0.4) is 0 Å². The molecule has 1 aliphatic carbocycles. The number of carbonyl (C=O) groups is 2. The molecule has 0 radical (unpaired) electrons. The molecule has 1 atom stereocenters. The first kappa shape index (κ1) is 8.53. The van der Waals surface area contributed by atoms with Gasteiger partial charge in [-0.15, -0.1) is 0 Å². The molecule has 1 saturated carbocycles. The Labute approximate surface area is 77.1 Å². The Bertz CT molecular complexity index is 236. The Morgan fingerprint density at radius 3 is 2.77 bits per heavy atom. The number of carbonyl (C=O) groups excluding carboxylic acids is 2. The minimum atomic E-state index is -0.0886. The van der Waals surface area contributed by atoms with Crippen LogP contribution in [0.4, 0.5) is 0 Å². The molecule has 1 aliphatic heterocycles. The first-order valence-electron chi connectivity index (χ1n) is 4.83. The van der Waals surface area contributed by atoms with Crippen molar-refractivity contribution in [3.8, 4) is 0 Å². The molecule has 0 aromatic rings. The van der Waals surface area contributed by atoms with Gasteiger partial charge < -0.3 is 10.6 Å². The highest BCUT2D eigenvalue weighted by atomic mass is 16.2. The van der Waals surface area contributed by atoms with E-state index in [1.807, 2.05) is 0 Å². The quantitative estimate of drug-likeness (QED) is 0.621. The van der Waals surface area contributed by atoms with Gasteiger partial charge in [0.1, 0.15) is 0 Å². The number of hydrogen-bond donors (Lipinski definition) is 2. The Morgan fingerprint density at radius 2 is 2.15 bits per heavy atom. The van der Waals surface area contributed by atoms with E-state index in [1.165, 1.54) is 0 Å². The van der Waals surface area contributed by atoms with Crippen LogP contribution < -0.4 is 10.6 Å². The van der Waals surface area contributed by atoms with Crippen molar-refractivity contribution in [2.45, 2.75) is 31.7 Å². The second-order valence-corrected chi connectivity index (χ2v) is 3.82. The second-order valence-electron chi connectivity index (χ2n) is 3.82. The van der Waals surface area contributed by atoms with Crippen molar-refractivity contribution >= 4 is 11.8 Å². The van der Waals surface area contributed by atoms with Crippen LogP contribution in [0.5, 0.6) is 0 Å². The molecule has 2 fully saturated rings. The summed E-state index contributed by atoms with van der Waals surface area (Å²) in [7, 11) is 0. The van der Waals surface area contributed by atoms with E-state index < -0.39 is 0 Å². The summed E-state index contributed by atoms with van der Waals surface area (Å²) < 4.78 is 0. The largest absolute Gasteiger partial charge is 0.356 e. The van der Waals surface area contributed by atoms with Crippen LogP contribution in [-0.4, -0.2) is 24.4 Å². The zero-order chi connectivity index (χ0) is 9.26. The molecule has 2 N–H and O–H groups in total. The van der Waals surface area contributed by atoms with Crippen molar-refractivity contribution in [3.63, 3.8) is 0 Å². The number of amides is 2. The van der Waals surface area contributed by atoms with E-state index in [9.17, 15) is 9.59 Å². The second kappa shape index (κ2) is 3.36. The minimum absolute atomic E-state index is 0.00203. The lowest BCUT2D eigenvalue weighted by molar-refractivity contribution is -0.132. The Hall–Kier alpha value is -1.06. The molecule has 0 aromatic heterocycles. The number of rotatable bonds is 2. The first-order valence-corrected chi connectivity index (χ1v) is 4.83. The van der Waals surface area contributed by atoms with Gasteiger partial charge >= 0.3 is 0 Å². The van der Waals surface area contributed by atoms with Gasteiger partial charge in [-0.2, -0.15) is 0 Å². The van der Waals surface area contributed by atoms with Crippen molar-refractivity contribution in [3.05, 3.63) is 0 Å². The van der Waals surface area contributed by atoms with Gasteiger partial charge in [-0.3, -0.25) is 9.59 Å². The van der Waals surface area contributed by atoms with E-state index in [2.05, 4.69) is 10.6 Å². The fraction of sp³-hybridized carbons (Fsp3) is 0.778. The molecular weight excluding hydrogens is 168 g/mol. The van der Waals surface area contributed by atoms with Gasteiger partial charge in [-0.1, -0.05) is 0 Å². The topological polar surface area (TPSA) is 58.2 Å². The van der Waals surface area contributed by atoms with Gasteiger partial charge in [-0.05, 0) is 19.3 Å². The summed E-state index contributed by atoms with van der Waals surface area (Å²) in [6.45, 7) is 0.640. The van der Waals surface area contributed by atoms with E-state index in [0.717, 1.165) is 19.3 Å². The molecule has 4 heteroatoms. The van der Waals surface area contributed by atoms with Crippen LogP contribution in [0.25, 0.3) is 0 Å². The molecule has 1 saturated heterocycles. The summed E-state index contributed by atoms with van der Waals surface area (Å²) >= 11 is 0. The van der Waals surface area contributed by atoms with Crippen molar-refractivity contribution in [1.82, 2.24) is 10.6 Å². The average molecular weight is 182 g/mol. The molecule has 0 bridgehead atoms. The monoisotopic (exact) mass is 182 g/mol. The predicted molar refractivity (Wildman–Crippen MR) is 46.9 cm³/mol. The highest BCUT2D eigenvalue weighted by Gasteiger charge is 2.30. The number of hydrogen-bond acceptors (Lipinski definition) is 2. The SMILES string of the molecule is O=C1CC(C(=O)NC2CC2)CCN1. The first-order chi connectivity index (χ1) is 6.25. The van der Waals surface area contributed by atoms with Gasteiger partial charge in [0.15, 0.2) is 0 Å². The van der Waals surface area contributed by atoms with Gasteiger partial charge in [0.05, 0.1) is 0 Å². The van der Waals surface area contributed by atoms with Crippen molar-refractivity contribution in [2.24, 2.45) is 5.92 Å². The van der Waals surface area contributed by atoms with Crippen molar-refractivity contribution < 1.29 is 9.59 Å². The smallest absolute Gasteiger partial charge is 0.223 e. The fourth-order valence-corrected chi connectivity index (χ4v) is 1.55. The molecule has 0 aromatic carbocycles. The lowest BCUT2D eigenvalue weighted by atomic mass is 9.97. The normalized spacial score (nSPS) is 28.0. The van der Waals surface area contributed by atoms with Gasteiger partial charge in [0.25, 0.3) is 0 Å². The molecule has 72 valence electrons. The van der Waals surface area contributed by atoms with Crippen LogP contribution in [0, 0.1) is 5.92 Å². The van der Waals surface area contributed by atoms with E-state index in [-0.39, 0.29) is 17.7 Å². The molecule has 13 heavy (non-hydrogen) atoms. The van der Waals surface area contributed by atoms with Crippen LogP contribution in [0.1, 0.15) is 25.7 Å². The summed E-state index contributed by atoms with van der Waals surface area (Å²) in [4.78, 5) is 22.5. The molecule has 2 rings (SSSR count). The number of piperidine rings is 1. The van der Waals surface area contributed by atoms with Gasteiger partial charge in [-0.25, -0.2) is 0 Å². The third-order valence-corrected chi connectivity index (χ3v) is 2.54. The minimum Gasteiger partial charge on any atom is -0.356 e. The van der Waals surface area contributed by atoms with Crippen molar-refractivity contribution in [1.29, 1.82) is 0 Å². The molecule has 0 spiro atoms. The Balaban J connectivity index is 1.83. The third kappa shape index (κ3) is 2.20. The van der Waals surface area contributed by atoms with E-state index >= 15 is 0 Å². The zero-order valence-electron chi connectivity index (χ0n) is 7.51. The lowest BCUT2D eigenvalue weighted by Gasteiger charge is -2.21. The molecule has 1 unspecified atom stereocenters. The summed E-state index contributed by atoms with van der Waals surface area (Å²) in [5.41, 5.74) is 0. The maximum absolute atomic E-state index is 11.5. The molecule has 2 amide bonds. The predicted octanol–water partition coefficient (Wildman–Crippen LogP) is -0.209. The maximum Gasteiger partial charge on any atom is 0.223 e. The van der Waals surface area contributed by atoms with Gasteiger partial charge in [0.2, 0.25) is 11.8 Å². The molecular formula is C9H14N2O2. The lowest BCUT2D eigenvalue weighted by Crippen LogP contribution is -2.41. The van der Waals surface area contributed by atoms with Crippen LogP contribution in [0.2, 0.25) is 0 Å². The van der Waals surface area contributed by atoms with Crippen LogP contribution in [0.15, 0.2) is 0 Å². The average Bonchev–Trinajstić information content (AvgIpc) is 2.88. The highest BCUT2D eigenvalue weighted by molar-refractivity contribution is 5.87. The van der Waals surface area contributed by atoms with Crippen LogP contribution >= 0.6 is 0 Å². The summed E-state index contributed by atoms with van der Waals surface area (Å²) in [5, 5.41) is 5.64. The standard InChI is InChI=1S/C9H14N2O2/c12-8-5-6(3-4-10-8)9(13)11-7-1-2-7/h6-7H,1-5H2,(H,10,12)(H,11,13). The fourth-order valence-electron chi connectivity index (χ4n) is 1.55. The Kier molecular flexibility index (Phi) is 2.20. The summed E-state index contributed by atoms with van der Waals surface area (Å²) in [6.07, 6.45) is 3.35. The molecule has 1 heterocycles. The summed E-state index contributed by atoms with van der Waals surface area (Å²) in [6, 6.07) is 0.400. The van der Waals surface area contributed by atoms with Gasteiger partial charge in [0, 0.05) is 24.9 Å². The molecule has 2 aliphatic rings. The Morgan fingerprint density at radius 1 is 1.38 bits per heavy atom. The highest BCUT2D eigenvalue weighted by Crippen LogP contribution is 2.21.